The van der Waals surface area contributed by atoms with Crippen LogP contribution in [0, 0.1) is 0 Å². The molecule has 3 heterocycles. The molecule has 1 saturated carbocycles. The monoisotopic (exact) mass is 474 g/mol. The van der Waals surface area contributed by atoms with Gasteiger partial charge in [-0.25, -0.2) is 0 Å². The van der Waals surface area contributed by atoms with Gasteiger partial charge in [-0.1, -0.05) is 30.0 Å². The highest BCUT2D eigenvalue weighted by molar-refractivity contribution is 7.99. The Morgan fingerprint density at radius 2 is 1.82 bits per heavy atom. The van der Waals surface area contributed by atoms with E-state index in [-0.39, 0.29) is 11.7 Å². The van der Waals surface area contributed by atoms with Crippen LogP contribution < -0.4 is 14.8 Å². The molecule has 0 saturated heterocycles. The average molecular weight is 475 g/mol. The predicted molar refractivity (Wildman–Crippen MR) is 127 cm³/mol. The zero-order valence-corrected chi connectivity index (χ0v) is 19.1. The number of rotatable bonds is 6. The number of amides is 1. The van der Waals surface area contributed by atoms with Gasteiger partial charge in [0.05, 0.1) is 12.0 Å². The number of hydrogen-bond acceptors (Lipinski definition) is 7. The molecule has 1 aliphatic carbocycles. The van der Waals surface area contributed by atoms with Crippen LogP contribution in [0.2, 0.25) is 0 Å². The van der Waals surface area contributed by atoms with Crippen molar-refractivity contribution in [1.82, 2.24) is 14.8 Å². The molecule has 172 valence electrons. The van der Waals surface area contributed by atoms with Crippen molar-refractivity contribution in [3.05, 3.63) is 66.9 Å². The number of benzene rings is 2. The summed E-state index contributed by atoms with van der Waals surface area (Å²) in [6.07, 6.45) is 5.58. The van der Waals surface area contributed by atoms with Gasteiger partial charge in [0, 0.05) is 30.3 Å². The molecular formula is C25H22N4O4S. The van der Waals surface area contributed by atoms with Gasteiger partial charge < -0.3 is 19.2 Å². The minimum absolute atomic E-state index is 0.151. The van der Waals surface area contributed by atoms with E-state index in [2.05, 4.69) is 15.5 Å². The molecule has 2 aromatic carbocycles. The third-order valence-corrected chi connectivity index (χ3v) is 6.84. The van der Waals surface area contributed by atoms with Gasteiger partial charge in [0.15, 0.2) is 22.4 Å². The Hall–Kier alpha value is -3.72. The van der Waals surface area contributed by atoms with E-state index in [0.29, 0.717) is 28.2 Å². The van der Waals surface area contributed by atoms with Crippen molar-refractivity contribution in [3.63, 3.8) is 0 Å². The second kappa shape index (κ2) is 8.57. The van der Waals surface area contributed by atoms with Gasteiger partial charge in [-0.05, 0) is 49.2 Å². The summed E-state index contributed by atoms with van der Waals surface area (Å²) in [7, 11) is 0. The smallest absolute Gasteiger partial charge is 0.251 e. The molecule has 1 fully saturated rings. The van der Waals surface area contributed by atoms with Crippen LogP contribution in [-0.4, -0.2) is 32.2 Å². The first-order valence-electron chi connectivity index (χ1n) is 11.2. The van der Waals surface area contributed by atoms with Crippen molar-refractivity contribution in [2.75, 3.05) is 11.1 Å². The minimum atomic E-state index is -0.520. The Morgan fingerprint density at radius 1 is 1.00 bits per heavy atom. The van der Waals surface area contributed by atoms with Gasteiger partial charge in [0.25, 0.3) is 5.79 Å². The normalized spacial score (nSPS) is 15.6. The average Bonchev–Trinajstić information content (AvgIpc) is 3.65. The van der Waals surface area contributed by atoms with Crippen molar-refractivity contribution in [1.29, 1.82) is 0 Å². The fourth-order valence-electron chi connectivity index (χ4n) is 4.36. The molecule has 1 spiro atoms. The number of ether oxygens (including phenoxy) is 2. The lowest BCUT2D eigenvalue weighted by molar-refractivity contribution is -0.113. The van der Waals surface area contributed by atoms with Crippen molar-refractivity contribution in [3.8, 4) is 28.8 Å². The van der Waals surface area contributed by atoms with Gasteiger partial charge in [0.1, 0.15) is 0 Å². The summed E-state index contributed by atoms with van der Waals surface area (Å²) in [5, 5.41) is 12.2. The molecule has 0 radical (unpaired) electrons. The Labute approximate surface area is 200 Å². The zero-order valence-electron chi connectivity index (χ0n) is 18.3. The van der Waals surface area contributed by atoms with Crippen LogP contribution >= 0.6 is 11.8 Å². The molecule has 6 rings (SSSR count). The second-order valence-electron chi connectivity index (χ2n) is 8.27. The van der Waals surface area contributed by atoms with Crippen LogP contribution in [-0.2, 0) is 4.79 Å². The third kappa shape index (κ3) is 3.92. The summed E-state index contributed by atoms with van der Waals surface area (Å²) >= 11 is 1.31. The topological polar surface area (TPSA) is 91.4 Å². The van der Waals surface area contributed by atoms with Crippen LogP contribution in [0.3, 0.4) is 0 Å². The highest BCUT2D eigenvalue weighted by atomic mass is 32.2. The van der Waals surface area contributed by atoms with Crippen molar-refractivity contribution < 1.29 is 18.7 Å². The SMILES string of the molecule is O=C(CSc1nnc(-c2ccco2)n1-c1ccccc1)Nc1ccc2c(c1)OC1(CCCC1)O2. The van der Waals surface area contributed by atoms with Crippen LogP contribution in [0.25, 0.3) is 17.3 Å². The fraction of sp³-hybridized carbons (Fsp3) is 0.240. The van der Waals surface area contributed by atoms with E-state index < -0.39 is 5.79 Å². The largest absolute Gasteiger partial charge is 0.461 e. The number of nitrogens with one attached hydrogen (secondary N) is 1. The van der Waals surface area contributed by atoms with E-state index in [0.717, 1.165) is 37.1 Å². The van der Waals surface area contributed by atoms with Crippen molar-refractivity contribution in [2.24, 2.45) is 0 Å². The lowest BCUT2D eigenvalue weighted by atomic mass is 10.2. The number of para-hydroxylation sites is 1. The maximum absolute atomic E-state index is 12.7. The molecule has 0 unspecified atom stereocenters. The number of hydrogen-bond donors (Lipinski definition) is 1. The first-order chi connectivity index (χ1) is 16.7. The van der Waals surface area contributed by atoms with Crippen LogP contribution in [0.15, 0.2) is 76.5 Å². The predicted octanol–water partition coefficient (Wildman–Crippen LogP) is 5.30. The number of fused-ring (bicyclic) bond motifs is 1. The quantitative estimate of drug-likeness (QED) is 0.379. The van der Waals surface area contributed by atoms with Crippen molar-refractivity contribution >= 4 is 23.4 Å². The molecule has 1 N–H and O–H groups in total. The van der Waals surface area contributed by atoms with E-state index in [1.807, 2.05) is 59.2 Å². The number of nitrogens with zero attached hydrogens (tertiary/aromatic N) is 3. The lowest BCUT2D eigenvalue weighted by Gasteiger charge is -2.21. The molecular weight excluding hydrogens is 452 g/mol. The Balaban J connectivity index is 1.16. The minimum Gasteiger partial charge on any atom is -0.461 e. The van der Waals surface area contributed by atoms with E-state index in [1.54, 1.807) is 12.3 Å². The molecule has 34 heavy (non-hydrogen) atoms. The summed E-state index contributed by atoms with van der Waals surface area (Å²) in [6.45, 7) is 0. The Kier molecular flexibility index (Phi) is 5.26. The van der Waals surface area contributed by atoms with Gasteiger partial charge in [-0.15, -0.1) is 10.2 Å². The van der Waals surface area contributed by atoms with Gasteiger partial charge >= 0.3 is 0 Å². The molecule has 0 bridgehead atoms. The van der Waals surface area contributed by atoms with Crippen molar-refractivity contribution in [2.45, 2.75) is 36.6 Å². The number of thioether (sulfide) groups is 1. The highest BCUT2D eigenvalue weighted by Gasteiger charge is 2.44. The number of carbonyl (C=O) groups excluding carboxylic acids is 1. The van der Waals surface area contributed by atoms with Gasteiger partial charge in [-0.2, -0.15) is 0 Å². The molecule has 2 aromatic heterocycles. The summed E-state index contributed by atoms with van der Waals surface area (Å²) in [5.74, 6) is 2.09. The summed E-state index contributed by atoms with van der Waals surface area (Å²) in [4.78, 5) is 12.7. The zero-order chi connectivity index (χ0) is 23.0. The first-order valence-corrected chi connectivity index (χ1v) is 12.2. The molecule has 1 aliphatic heterocycles. The second-order valence-corrected chi connectivity index (χ2v) is 9.22. The maximum atomic E-state index is 12.7. The van der Waals surface area contributed by atoms with Crippen LogP contribution in [0.5, 0.6) is 11.5 Å². The molecule has 0 atom stereocenters. The molecule has 9 heteroatoms. The summed E-state index contributed by atoms with van der Waals surface area (Å²) < 4.78 is 19.6. The Bertz CT molecular complexity index is 1310. The van der Waals surface area contributed by atoms with E-state index in [4.69, 9.17) is 13.9 Å². The highest BCUT2D eigenvalue weighted by Crippen LogP contribution is 2.47. The van der Waals surface area contributed by atoms with E-state index in [1.165, 1.54) is 11.8 Å². The van der Waals surface area contributed by atoms with E-state index >= 15 is 0 Å². The van der Waals surface area contributed by atoms with Crippen LogP contribution in [0.1, 0.15) is 25.7 Å². The number of furan rings is 1. The molecule has 4 aromatic rings. The van der Waals surface area contributed by atoms with Crippen LogP contribution in [0.4, 0.5) is 5.69 Å². The van der Waals surface area contributed by atoms with Gasteiger partial charge in [-0.3, -0.25) is 9.36 Å². The lowest BCUT2D eigenvalue weighted by Crippen LogP contribution is -2.34. The first kappa shape index (κ1) is 20.9. The number of aromatic nitrogens is 3. The summed E-state index contributed by atoms with van der Waals surface area (Å²) in [6, 6.07) is 18.9. The third-order valence-electron chi connectivity index (χ3n) is 5.91. The Morgan fingerprint density at radius 3 is 2.62 bits per heavy atom. The maximum Gasteiger partial charge on any atom is 0.251 e. The summed E-state index contributed by atoms with van der Waals surface area (Å²) in [5.41, 5.74) is 1.56. The molecule has 2 aliphatic rings. The molecule has 1 amide bonds. The molecule has 8 nitrogen and oxygen atoms in total. The standard InChI is InChI=1S/C25H22N4O4S/c30-22(26-17-10-11-19-21(15-17)33-25(32-19)12-4-5-13-25)16-34-24-28-27-23(20-9-6-14-31-20)29(24)18-7-2-1-3-8-18/h1-3,6-11,14-15H,4-5,12-13,16H2,(H,26,30). The number of carbonyl (C=O) groups is 1. The fourth-order valence-corrected chi connectivity index (χ4v) is 5.11. The number of anilines is 1. The van der Waals surface area contributed by atoms with Gasteiger partial charge in [0.2, 0.25) is 11.7 Å². The van der Waals surface area contributed by atoms with E-state index in [9.17, 15) is 4.79 Å².